The van der Waals surface area contributed by atoms with Crippen molar-refractivity contribution in [3.63, 3.8) is 0 Å². The summed E-state index contributed by atoms with van der Waals surface area (Å²) in [6, 6.07) is 4.70. The highest BCUT2D eigenvalue weighted by molar-refractivity contribution is 9.11. The Hall–Kier alpha value is -0.230. The summed E-state index contributed by atoms with van der Waals surface area (Å²) in [5.74, 6) is 0. The van der Waals surface area contributed by atoms with E-state index >= 15 is 0 Å². The Morgan fingerprint density at radius 3 is 2.61 bits per heavy atom. The number of thiazole rings is 1. The lowest BCUT2D eigenvalue weighted by atomic mass is 10.1. The maximum Gasteiger partial charge on any atom is 0.0900 e. The first kappa shape index (κ1) is 14.2. The van der Waals surface area contributed by atoms with E-state index in [1.165, 1.54) is 19.2 Å². The van der Waals surface area contributed by atoms with E-state index in [1.54, 1.807) is 0 Å². The summed E-state index contributed by atoms with van der Waals surface area (Å²) in [5, 5.41) is 4.72. The monoisotopic (exact) mass is 344 g/mol. The Balaban J connectivity index is 2.20. The molecule has 18 heavy (non-hydrogen) atoms. The molecule has 1 unspecified atom stereocenters. The van der Waals surface area contributed by atoms with Gasteiger partial charge in [0.25, 0.3) is 0 Å². The topological polar surface area (TPSA) is 24.9 Å². The number of nitrogens with one attached hydrogen (secondary N) is 1. The number of nitrogens with zero attached hydrogens (tertiary/aromatic N) is 1. The Morgan fingerprint density at radius 2 is 2.11 bits per heavy atom. The van der Waals surface area contributed by atoms with Crippen LogP contribution in [0.25, 0.3) is 0 Å². The average molecular weight is 345 g/mol. The third-order valence-corrected chi connectivity index (χ3v) is 5.57. The van der Waals surface area contributed by atoms with Crippen molar-refractivity contribution in [2.24, 2.45) is 0 Å². The van der Waals surface area contributed by atoms with E-state index in [9.17, 15) is 0 Å². The van der Waals surface area contributed by atoms with Crippen LogP contribution in [0.15, 0.2) is 15.9 Å². The van der Waals surface area contributed by atoms with E-state index in [1.807, 2.05) is 22.7 Å². The first-order valence-corrected chi connectivity index (χ1v) is 8.44. The van der Waals surface area contributed by atoms with Crippen molar-refractivity contribution in [2.75, 3.05) is 6.54 Å². The fourth-order valence-electron chi connectivity index (χ4n) is 2.04. The molecule has 2 nitrogen and oxygen atoms in total. The molecule has 0 spiro atoms. The van der Waals surface area contributed by atoms with Crippen LogP contribution in [0.3, 0.4) is 0 Å². The normalized spacial score (nSPS) is 12.9. The Labute approximate surface area is 125 Å². The number of aromatic nitrogens is 1. The van der Waals surface area contributed by atoms with Crippen LogP contribution >= 0.6 is 38.6 Å². The van der Waals surface area contributed by atoms with Gasteiger partial charge in [0.2, 0.25) is 0 Å². The first-order valence-electron chi connectivity index (χ1n) is 6.01. The fraction of sp³-hybridized carbons (Fsp3) is 0.462. The van der Waals surface area contributed by atoms with Crippen LogP contribution in [-0.4, -0.2) is 11.5 Å². The van der Waals surface area contributed by atoms with Crippen molar-refractivity contribution in [3.05, 3.63) is 36.4 Å². The molecule has 2 aromatic heterocycles. The zero-order valence-corrected chi connectivity index (χ0v) is 14.0. The van der Waals surface area contributed by atoms with Gasteiger partial charge in [-0.05, 0) is 48.5 Å². The molecular formula is C13H17BrN2S2. The summed E-state index contributed by atoms with van der Waals surface area (Å²) in [5.41, 5.74) is 1.17. The quantitative estimate of drug-likeness (QED) is 0.864. The van der Waals surface area contributed by atoms with E-state index in [0.29, 0.717) is 6.04 Å². The molecular weight excluding hydrogens is 328 g/mol. The van der Waals surface area contributed by atoms with E-state index in [4.69, 9.17) is 0 Å². The van der Waals surface area contributed by atoms with Crippen molar-refractivity contribution >= 4 is 38.6 Å². The Kier molecular flexibility index (Phi) is 4.95. The minimum Gasteiger partial charge on any atom is -0.309 e. The van der Waals surface area contributed by atoms with Gasteiger partial charge >= 0.3 is 0 Å². The summed E-state index contributed by atoms with van der Waals surface area (Å²) >= 11 is 7.14. The molecule has 0 amide bonds. The van der Waals surface area contributed by atoms with Gasteiger partial charge < -0.3 is 5.32 Å². The van der Waals surface area contributed by atoms with E-state index in [0.717, 1.165) is 18.0 Å². The summed E-state index contributed by atoms with van der Waals surface area (Å²) in [6.45, 7) is 7.31. The molecule has 0 fully saturated rings. The van der Waals surface area contributed by atoms with Crippen molar-refractivity contribution in [1.82, 2.24) is 10.3 Å². The lowest BCUT2D eigenvalue weighted by Crippen LogP contribution is -2.22. The molecule has 0 aliphatic heterocycles. The van der Waals surface area contributed by atoms with Crippen molar-refractivity contribution < 1.29 is 0 Å². The van der Waals surface area contributed by atoms with Gasteiger partial charge in [0, 0.05) is 22.2 Å². The van der Waals surface area contributed by atoms with Gasteiger partial charge in [0.15, 0.2) is 0 Å². The van der Waals surface area contributed by atoms with E-state index < -0.39 is 0 Å². The number of thiophene rings is 1. The second kappa shape index (κ2) is 6.28. The highest BCUT2D eigenvalue weighted by Gasteiger charge is 2.17. The van der Waals surface area contributed by atoms with Crippen LogP contribution in [-0.2, 0) is 6.42 Å². The summed E-state index contributed by atoms with van der Waals surface area (Å²) in [6.07, 6.45) is 1.03. The molecule has 2 heterocycles. The van der Waals surface area contributed by atoms with Gasteiger partial charge in [0.1, 0.15) is 0 Å². The zero-order valence-electron chi connectivity index (χ0n) is 10.8. The van der Waals surface area contributed by atoms with Gasteiger partial charge in [-0.15, -0.1) is 22.7 Å². The second-order valence-corrected chi connectivity index (χ2v) is 7.99. The molecule has 0 saturated carbocycles. The van der Waals surface area contributed by atoms with Crippen LogP contribution in [0.4, 0.5) is 0 Å². The number of hydrogen-bond donors (Lipinski definition) is 1. The number of rotatable bonds is 5. The molecule has 0 aliphatic carbocycles. The van der Waals surface area contributed by atoms with Crippen molar-refractivity contribution in [3.8, 4) is 0 Å². The predicted molar refractivity (Wildman–Crippen MR) is 83.7 cm³/mol. The SMILES string of the molecule is CCNC(Cc1ccc(Br)s1)c1sc(C)nc1C. The van der Waals surface area contributed by atoms with E-state index in [2.05, 4.69) is 59.1 Å². The highest BCUT2D eigenvalue weighted by Crippen LogP contribution is 2.30. The maximum atomic E-state index is 4.53. The highest BCUT2D eigenvalue weighted by atomic mass is 79.9. The molecule has 0 aromatic carbocycles. The third kappa shape index (κ3) is 3.41. The standard InChI is InChI=1S/C13H17BrN2S2/c1-4-15-11(7-10-5-6-12(14)18-10)13-8(2)16-9(3)17-13/h5-6,11,15H,4,7H2,1-3H3. The zero-order chi connectivity index (χ0) is 13.1. The Bertz CT molecular complexity index is 519. The van der Waals surface area contributed by atoms with Crippen LogP contribution < -0.4 is 5.32 Å². The van der Waals surface area contributed by atoms with Gasteiger partial charge in [-0.25, -0.2) is 4.98 Å². The van der Waals surface area contributed by atoms with Crippen molar-refractivity contribution in [2.45, 2.75) is 33.2 Å². The largest absolute Gasteiger partial charge is 0.309 e. The molecule has 0 bridgehead atoms. The minimum atomic E-state index is 0.381. The van der Waals surface area contributed by atoms with Crippen LogP contribution in [0.2, 0.25) is 0 Å². The molecule has 5 heteroatoms. The van der Waals surface area contributed by atoms with Crippen LogP contribution in [0.5, 0.6) is 0 Å². The molecule has 0 radical (unpaired) electrons. The number of hydrogen-bond acceptors (Lipinski definition) is 4. The second-order valence-electron chi connectivity index (χ2n) is 4.20. The number of aryl methyl sites for hydroxylation is 2. The lowest BCUT2D eigenvalue weighted by Gasteiger charge is -2.16. The average Bonchev–Trinajstić information content (AvgIpc) is 2.84. The molecule has 0 saturated heterocycles. The smallest absolute Gasteiger partial charge is 0.0900 e. The molecule has 2 rings (SSSR count). The van der Waals surface area contributed by atoms with Gasteiger partial charge in [-0.1, -0.05) is 6.92 Å². The Morgan fingerprint density at radius 1 is 1.33 bits per heavy atom. The van der Waals surface area contributed by atoms with Crippen LogP contribution in [0, 0.1) is 13.8 Å². The summed E-state index contributed by atoms with van der Waals surface area (Å²) in [7, 11) is 0. The third-order valence-electron chi connectivity index (χ3n) is 2.74. The van der Waals surface area contributed by atoms with Crippen LogP contribution in [0.1, 0.15) is 33.4 Å². The number of likely N-dealkylation sites (N-methyl/N-ethyl adjacent to an activating group) is 1. The first-order chi connectivity index (χ1) is 8.60. The molecule has 2 aromatic rings. The molecule has 1 atom stereocenters. The summed E-state index contributed by atoms with van der Waals surface area (Å²) in [4.78, 5) is 7.31. The minimum absolute atomic E-state index is 0.381. The van der Waals surface area contributed by atoms with E-state index in [-0.39, 0.29) is 0 Å². The van der Waals surface area contributed by atoms with Gasteiger partial charge in [-0.3, -0.25) is 0 Å². The lowest BCUT2D eigenvalue weighted by molar-refractivity contribution is 0.558. The molecule has 0 aliphatic rings. The summed E-state index contributed by atoms with van der Waals surface area (Å²) < 4.78 is 1.20. The predicted octanol–water partition coefficient (Wildman–Crippen LogP) is 4.48. The fourth-order valence-corrected chi connectivity index (χ4v) is 4.57. The maximum absolute atomic E-state index is 4.53. The molecule has 1 N–H and O–H groups in total. The van der Waals surface area contributed by atoms with Gasteiger partial charge in [-0.2, -0.15) is 0 Å². The van der Waals surface area contributed by atoms with Gasteiger partial charge in [0.05, 0.1) is 14.5 Å². The van der Waals surface area contributed by atoms with Crippen molar-refractivity contribution in [1.29, 1.82) is 0 Å². The number of halogens is 1. The molecule has 98 valence electrons.